The van der Waals surface area contributed by atoms with Crippen LogP contribution < -0.4 is 0 Å². The Morgan fingerprint density at radius 1 is 1.08 bits per heavy atom. The Balaban J connectivity index is 5.27. The van der Waals surface area contributed by atoms with Crippen LogP contribution in [-0.2, 0) is 19.7 Å². The number of carboxylic acid groups (broad SMARTS) is 2. The molecule has 0 aromatic rings. The van der Waals surface area contributed by atoms with Crippen molar-refractivity contribution in [2.24, 2.45) is 11.8 Å². The molecule has 0 fully saturated rings. The molecule has 0 saturated carbocycles. The Kier molecular flexibility index (Phi) is 9.46. The maximum absolute atomic E-state index is 11.6. The van der Waals surface area contributed by atoms with E-state index < -0.39 is 39.3 Å². The summed E-state index contributed by atoms with van der Waals surface area (Å²) in [5.74, 6) is -5.60. The molecule has 142 valence electrons. The molecule has 0 heterocycles. The number of aliphatic carboxylic acids is 2. The van der Waals surface area contributed by atoms with Gasteiger partial charge in [0.25, 0.3) is 10.1 Å². The molecule has 0 aromatic carbocycles. The first-order chi connectivity index (χ1) is 11.0. The summed E-state index contributed by atoms with van der Waals surface area (Å²) in [5, 5.41) is 29.3. The monoisotopic (exact) mass is 368 g/mol. The smallest absolute Gasteiger partial charge is 0.336 e. The van der Waals surface area contributed by atoms with Gasteiger partial charge in [-0.1, -0.05) is 39.5 Å². The largest absolute Gasteiger partial charge is 0.481 e. The molecule has 4 N–H and O–H groups in total. The fraction of sp³-hybridized carbons (Fsp3) is 0.867. The molecule has 0 aliphatic rings. The molecule has 0 aliphatic carbocycles. The number of carboxylic acids is 2. The van der Waals surface area contributed by atoms with Crippen LogP contribution in [0.15, 0.2) is 0 Å². The van der Waals surface area contributed by atoms with Gasteiger partial charge in [-0.25, -0.2) is 4.79 Å². The van der Waals surface area contributed by atoms with Gasteiger partial charge in [-0.05, 0) is 25.2 Å². The summed E-state index contributed by atoms with van der Waals surface area (Å²) < 4.78 is 30.2. The summed E-state index contributed by atoms with van der Waals surface area (Å²) in [7, 11) is -4.27. The van der Waals surface area contributed by atoms with E-state index in [9.17, 15) is 33.3 Å². The molecule has 0 rings (SSSR count). The molecular formula is C15H28O8S. The molecule has 0 bridgehead atoms. The predicted molar refractivity (Wildman–Crippen MR) is 87.3 cm³/mol. The van der Waals surface area contributed by atoms with Gasteiger partial charge < -0.3 is 15.3 Å². The summed E-state index contributed by atoms with van der Waals surface area (Å²) >= 11 is 0. The number of unbranched alkanes of at least 4 members (excludes halogenated alkanes) is 1. The molecular weight excluding hydrogens is 340 g/mol. The van der Waals surface area contributed by atoms with Crippen LogP contribution in [0.4, 0.5) is 0 Å². The van der Waals surface area contributed by atoms with E-state index in [1.54, 1.807) is 0 Å². The van der Waals surface area contributed by atoms with Gasteiger partial charge in [-0.2, -0.15) is 8.42 Å². The second kappa shape index (κ2) is 9.95. The number of hydrogen-bond donors (Lipinski definition) is 4. The summed E-state index contributed by atoms with van der Waals surface area (Å²) in [5.41, 5.74) is -2.47. The topological polar surface area (TPSA) is 149 Å². The van der Waals surface area contributed by atoms with Crippen molar-refractivity contribution in [3.63, 3.8) is 0 Å². The quantitative estimate of drug-likeness (QED) is 0.359. The van der Waals surface area contributed by atoms with E-state index in [0.29, 0.717) is 12.8 Å². The van der Waals surface area contributed by atoms with Crippen molar-refractivity contribution in [3.8, 4) is 0 Å². The van der Waals surface area contributed by atoms with E-state index in [1.165, 1.54) is 0 Å². The zero-order chi connectivity index (χ0) is 19.0. The zero-order valence-corrected chi connectivity index (χ0v) is 15.0. The number of aliphatic hydroxyl groups is 1. The lowest BCUT2D eigenvalue weighted by Crippen LogP contribution is -2.50. The van der Waals surface area contributed by atoms with E-state index in [4.69, 9.17) is 4.55 Å². The molecule has 3 atom stereocenters. The highest BCUT2D eigenvalue weighted by atomic mass is 32.2. The first kappa shape index (κ1) is 22.8. The number of hydrogen-bond acceptors (Lipinski definition) is 5. The Morgan fingerprint density at radius 2 is 1.67 bits per heavy atom. The van der Waals surface area contributed by atoms with Crippen molar-refractivity contribution in [2.75, 3.05) is 5.75 Å². The first-order valence-electron chi connectivity index (χ1n) is 8.11. The van der Waals surface area contributed by atoms with Gasteiger partial charge in [0.2, 0.25) is 0 Å². The maximum Gasteiger partial charge on any atom is 0.336 e. The third kappa shape index (κ3) is 7.59. The van der Waals surface area contributed by atoms with Crippen LogP contribution in [0.3, 0.4) is 0 Å². The Morgan fingerprint density at radius 3 is 2.04 bits per heavy atom. The molecule has 3 unspecified atom stereocenters. The summed E-state index contributed by atoms with van der Waals surface area (Å²) in [6.45, 7) is 3.82. The molecule has 9 heteroatoms. The van der Waals surface area contributed by atoms with Gasteiger partial charge in [0.1, 0.15) is 0 Å². The van der Waals surface area contributed by atoms with Gasteiger partial charge in [0.05, 0.1) is 11.7 Å². The fourth-order valence-electron chi connectivity index (χ4n) is 2.80. The van der Waals surface area contributed by atoms with Gasteiger partial charge >= 0.3 is 11.9 Å². The van der Waals surface area contributed by atoms with Gasteiger partial charge in [-0.3, -0.25) is 9.35 Å². The van der Waals surface area contributed by atoms with Crippen LogP contribution in [0.2, 0.25) is 0 Å². The SMILES string of the molecule is CCCCC(CC)CC(O)(C(=O)O)C(CCCS(=O)(=O)O)C(=O)O. The van der Waals surface area contributed by atoms with E-state index in [0.717, 1.165) is 12.8 Å². The third-order valence-corrected chi connectivity index (χ3v) is 5.09. The van der Waals surface area contributed by atoms with Crippen LogP contribution in [0.1, 0.15) is 58.8 Å². The van der Waals surface area contributed by atoms with Crippen molar-refractivity contribution in [1.82, 2.24) is 0 Å². The molecule has 0 amide bonds. The van der Waals surface area contributed by atoms with Crippen LogP contribution in [0, 0.1) is 11.8 Å². The van der Waals surface area contributed by atoms with Crippen LogP contribution in [-0.4, -0.2) is 51.6 Å². The average molecular weight is 368 g/mol. The zero-order valence-electron chi connectivity index (χ0n) is 14.1. The van der Waals surface area contributed by atoms with Gasteiger partial charge in [0, 0.05) is 0 Å². The molecule has 0 aliphatic heterocycles. The van der Waals surface area contributed by atoms with E-state index >= 15 is 0 Å². The Labute approximate surface area is 142 Å². The van der Waals surface area contributed by atoms with Crippen molar-refractivity contribution in [1.29, 1.82) is 0 Å². The van der Waals surface area contributed by atoms with Crippen molar-refractivity contribution in [2.45, 2.75) is 64.4 Å². The third-order valence-electron chi connectivity index (χ3n) is 4.28. The van der Waals surface area contributed by atoms with Crippen molar-refractivity contribution < 1.29 is 37.9 Å². The Hall–Kier alpha value is -1.19. The summed E-state index contributed by atoms with van der Waals surface area (Å²) in [6.07, 6.45) is 2.21. The number of rotatable bonds is 13. The standard InChI is InChI=1S/C15H28O8S/c1-3-5-7-11(4-2)10-15(20,14(18)19)12(13(16)17)8-6-9-24(21,22)23/h11-12,20H,3-10H2,1-2H3,(H,16,17)(H,18,19)(H,21,22,23). The van der Waals surface area contributed by atoms with Crippen LogP contribution in [0.5, 0.6) is 0 Å². The minimum atomic E-state index is -4.27. The molecule has 0 aromatic heterocycles. The van der Waals surface area contributed by atoms with E-state index in [2.05, 4.69) is 0 Å². The van der Waals surface area contributed by atoms with Crippen LogP contribution in [0.25, 0.3) is 0 Å². The minimum absolute atomic E-state index is 0.144. The Bertz CT molecular complexity index is 516. The van der Waals surface area contributed by atoms with E-state index in [-0.39, 0.29) is 25.2 Å². The van der Waals surface area contributed by atoms with Crippen LogP contribution >= 0.6 is 0 Å². The fourth-order valence-corrected chi connectivity index (χ4v) is 3.33. The molecule has 24 heavy (non-hydrogen) atoms. The highest BCUT2D eigenvalue weighted by Crippen LogP contribution is 2.33. The second-order valence-electron chi connectivity index (χ2n) is 6.17. The second-order valence-corrected chi connectivity index (χ2v) is 7.74. The van der Waals surface area contributed by atoms with Gasteiger partial charge in [0.15, 0.2) is 5.60 Å². The number of carbonyl (C=O) groups is 2. The first-order valence-corrected chi connectivity index (χ1v) is 9.72. The van der Waals surface area contributed by atoms with Gasteiger partial charge in [-0.15, -0.1) is 0 Å². The molecule has 0 saturated heterocycles. The maximum atomic E-state index is 11.6. The lowest BCUT2D eigenvalue weighted by atomic mass is 9.76. The molecule has 8 nitrogen and oxygen atoms in total. The lowest BCUT2D eigenvalue weighted by Gasteiger charge is -2.33. The lowest BCUT2D eigenvalue weighted by molar-refractivity contribution is -0.177. The van der Waals surface area contributed by atoms with E-state index in [1.807, 2.05) is 13.8 Å². The average Bonchev–Trinajstić information content (AvgIpc) is 2.46. The highest BCUT2D eigenvalue weighted by molar-refractivity contribution is 7.85. The minimum Gasteiger partial charge on any atom is -0.481 e. The summed E-state index contributed by atoms with van der Waals surface area (Å²) in [4.78, 5) is 23.0. The van der Waals surface area contributed by atoms with Crippen molar-refractivity contribution >= 4 is 22.1 Å². The predicted octanol–water partition coefficient (Wildman–Crippen LogP) is 1.78. The normalized spacial score (nSPS) is 17.0. The highest BCUT2D eigenvalue weighted by Gasteiger charge is 2.48. The summed E-state index contributed by atoms with van der Waals surface area (Å²) in [6, 6.07) is 0. The molecule has 0 radical (unpaired) electrons. The van der Waals surface area contributed by atoms with Crippen molar-refractivity contribution in [3.05, 3.63) is 0 Å². The molecule has 0 spiro atoms.